The number of nitrogens with two attached hydrogens (primary N) is 1. The van der Waals surface area contributed by atoms with Crippen molar-refractivity contribution >= 4 is 44.6 Å². The number of halogens is 2. The van der Waals surface area contributed by atoms with E-state index in [1.807, 2.05) is 18.2 Å². The minimum absolute atomic E-state index is 0.445. The summed E-state index contributed by atoms with van der Waals surface area (Å²) in [6, 6.07) is 11.9. The molecule has 19 heavy (non-hydrogen) atoms. The van der Waals surface area contributed by atoms with Gasteiger partial charge in [0.15, 0.2) is 0 Å². The molecule has 3 N–H and O–H groups in total. The Labute approximate surface area is 127 Å². The highest BCUT2D eigenvalue weighted by atomic mass is 79.9. The van der Waals surface area contributed by atoms with E-state index in [1.165, 1.54) is 5.56 Å². The van der Waals surface area contributed by atoms with E-state index in [2.05, 4.69) is 47.2 Å². The summed E-state index contributed by atoms with van der Waals surface area (Å²) in [4.78, 5) is 0. The Morgan fingerprint density at radius 3 is 2.53 bits per heavy atom. The number of rotatable bonds is 3. The molecule has 0 saturated carbocycles. The van der Waals surface area contributed by atoms with Gasteiger partial charge in [0.2, 0.25) is 0 Å². The lowest BCUT2D eigenvalue weighted by Gasteiger charge is -2.16. The molecule has 0 heterocycles. The zero-order valence-corrected chi connectivity index (χ0v) is 13.2. The number of nitrogen functional groups attached to an aromatic ring is 1. The molecular formula is C15H16BrClN2. The van der Waals surface area contributed by atoms with Crippen molar-refractivity contribution in [2.45, 2.75) is 19.8 Å². The molecule has 100 valence electrons. The molecule has 4 heteroatoms. The molecule has 0 aromatic heterocycles. The third-order valence-corrected chi connectivity index (χ3v) is 4.14. The third-order valence-electron chi connectivity index (χ3n) is 2.94. The first-order valence-corrected chi connectivity index (χ1v) is 7.26. The van der Waals surface area contributed by atoms with E-state index in [1.54, 1.807) is 6.07 Å². The number of anilines is 3. The summed E-state index contributed by atoms with van der Waals surface area (Å²) in [7, 11) is 0. The number of benzene rings is 2. The second-order valence-electron chi connectivity index (χ2n) is 4.72. The van der Waals surface area contributed by atoms with Gasteiger partial charge in [-0.15, -0.1) is 0 Å². The minimum atomic E-state index is 0.445. The summed E-state index contributed by atoms with van der Waals surface area (Å²) < 4.78 is 0.827. The summed E-state index contributed by atoms with van der Waals surface area (Å²) in [6.07, 6.45) is 0. The third kappa shape index (κ3) is 3.23. The Balaban J connectivity index is 2.39. The van der Waals surface area contributed by atoms with Gasteiger partial charge in [0.1, 0.15) is 0 Å². The van der Waals surface area contributed by atoms with Gasteiger partial charge in [0.05, 0.1) is 16.4 Å². The standard InChI is InChI=1S/C15H16BrClN2/c1-9(2)10-5-3-4-6-14(10)19-15-7-11(16)12(17)8-13(15)18/h3-9,19H,18H2,1-2H3. The Morgan fingerprint density at radius 2 is 1.84 bits per heavy atom. The molecule has 0 atom stereocenters. The quantitative estimate of drug-likeness (QED) is 0.719. The van der Waals surface area contributed by atoms with Crippen molar-refractivity contribution < 1.29 is 0 Å². The molecule has 0 bridgehead atoms. The number of para-hydroxylation sites is 1. The first kappa shape index (κ1) is 14.2. The van der Waals surface area contributed by atoms with Crippen LogP contribution >= 0.6 is 27.5 Å². The molecule has 2 aromatic rings. The van der Waals surface area contributed by atoms with Crippen LogP contribution in [0, 0.1) is 0 Å². The van der Waals surface area contributed by atoms with Gasteiger partial charge in [-0.05, 0) is 45.6 Å². The van der Waals surface area contributed by atoms with Crippen LogP contribution < -0.4 is 11.1 Å². The van der Waals surface area contributed by atoms with Crippen LogP contribution in [0.5, 0.6) is 0 Å². The normalized spacial score (nSPS) is 10.8. The van der Waals surface area contributed by atoms with Crippen molar-refractivity contribution in [3.63, 3.8) is 0 Å². The lowest BCUT2D eigenvalue weighted by atomic mass is 10.0. The van der Waals surface area contributed by atoms with Crippen LogP contribution in [0.2, 0.25) is 5.02 Å². The van der Waals surface area contributed by atoms with Crippen molar-refractivity contribution in [1.82, 2.24) is 0 Å². The molecule has 0 fully saturated rings. The van der Waals surface area contributed by atoms with Crippen LogP contribution in [0.3, 0.4) is 0 Å². The van der Waals surface area contributed by atoms with Crippen molar-refractivity contribution in [2.75, 3.05) is 11.1 Å². The van der Waals surface area contributed by atoms with Crippen LogP contribution in [0.15, 0.2) is 40.9 Å². The monoisotopic (exact) mass is 338 g/mol. The Bertz CT molecular complexity index is 597. The van der Waals surface area contributed by atoms with Crippen LogP contribution in [-0.2, 0) is 0 Å². The molecule has 0 amide bonds. The van der Waals surface area contributed by atoms with Crippen molar-refractivity contribution in [3.05, 3.63) is 51.5 Å². The van der Waals surface area contributed by atoms with E-state index in [0.717, 1.165) is 15.8 Å². The molecule has 2 rings (SSSR count). The van der Waals surface area contributed by atoms with E-state index in [4.69, 9.17) is 17.3 Å². The first-order valence-electron chi connectivity index (χ1n) is 6.09. The molecule has 0 aliphatic rings. The van der Waals surface area contributed by atoms with Crippen molar-refractivity contribution in [2.24, 2.45) is 0 Å². The van der Waals surface area contributed by atoms with Gasteiger partial charge < -0.3 is 11.1 Å². The molecule has 2 aromatic carbocycles. The van der Waals surface area contributed by atoms with Gasteiger partial charge in [0.25, 0.3) is 0 Å². The molecular weight excluding hydrogens is 324 g/mol. The average molecular weight is 340 g/mol. The van der Waals surface area contributed by atoms with E-state index in [0.29, 0.717) is 16.6 Å². The van der Waals surface area contributed by atoms with Gasteiger partial charge in [0, 0.05) is 10.2 Å². The fourth-order valence-corrected chi connectivity index (χ4v) is 2.45. The van der Waals surface area contributed by atoms with Crippen LogP contribution in [0.25, 0.3) is 0 Å². The topological polar surface area (TPSA) is 38.0 Å². The fraction of sp³-hybridized carbons (Fsp3) is 0.200. The lowest BCUT2D eigenvalue weighted by molar-refractivity contribution is 0.869. The zero-order valence-electron chi connectivity index (χ0n) is 10.9. The summed E-state index contributed by atoms with van der Waals surface area (Å²) in [6.45, 7) is 4.34. The predicted molar refractivity (Wildman–Crippen MR) is 87.4 cm³/mol. The Morgan fingerprint density at radius 1 is 1.16 bits per heavy atom. The van der Waals surface area contributed by atoms with E-state index in [9.17, 15) is 0 Å². The van der Waals surface area contributed by atoms with Gasteiger partial charge in [-0.25, -0.2) is 0 Å². The lowest BCUT2D eigenvalue weighted by Crippen LogP contribution is -2.00. The smallest absolute Gasteiger partial charge is 0.0630 e. The summed E-state index contributed by atoms with van der Waals surface area (Å²) in [5.41, 5.74) is 9.80. The summed E-state index contributed by atoms with van der Waals surface area (Å²) in [5.74, 6) is 0.445. The largest absolute Gasteiger partial charge is 0.397 e. The number of nitrogens with one attached hydrogen (secondary N) is 1. The second kappa shape index (κ2) is 5.85. The first-order chi connectivity index (χ1) is 8.99. The van der Waals surface area contributed by atoms with Gasteiger partial charge >= 0.3 is 0 Å². The van der Waals surface area contributed by atoms with Crippen molar-refractivity contribution in [3.8, 4) is 0 Å². The van der Waals surface area contributed by atoms with Gasteiger partial charge in [-0.2, -0.15) is 0 Å². The molecule has 0 radical (unpaired) electrons. The molecule has 0 aliphatic carbocycles. The van der Waals surface area contributed by atoms with Crippen LogP contribution in [-0.4, -0.2) is 0 Å². The average Bonchev–Trinajstić information content (AvgIpc) is 2.36. The Kier molecular flexibility index (Phi) is 4.38. The van der Waals surface area contributed by atoms with Gasteiger partial charge in [-0.3, -0.25) is 0 Å². The zero-order chi connectivity index (χ0) is 14.0. The molecule has 2 nitrogen and oxygen atoms in total. The van der Waals surface area contributed by atoms with Crippen molar-refractivity contribution in [1.29, 1.82) is 0 Å². The van der Waals surface area contributed by atoms with Gasteiger partial charge in [-0.1, -0.05) is 43.6 Å². The maximum atomic E-state index is 6.02. The molecule has 0 saturated heterocycles. The highest BCUT2D eigenvalue weighted by molar-refractivity contribution is 9.10. The molecule has 0 spiro atoms. The second-order valence-corrected chi connectivity index (χ2v) is 5.98. The highest BCUT2D eigenvalue weighted by Crippen LogP contribution is 2.34. The van der Waals surface area contributed by atoms with E-state index in [-0.39, 0.29) is 0 Å². The van der Waals surface area contributed by atoms with Crippen LogP contribution in [0.4, 0.5) is 17.1 Å². The molecule has 0 unspecified atom stereocenters. The maximum Gasteiger partial charge on any atom is 0.0630 e. The minimum Gasteiger partial charge on any atom is -0.397 e. The highest BCUT2D eigenvalue weighted by Gasteiger charge is 2.09. The fourth-order valence-electron chi connectivity index (χ4n) is 1.93. The summed E-state index contributed by atoms with van der Waals surface area (Å²) >= 11 is 9.43. The van der Waals surface area contributed by atoms with Crippen LogP contribution in [0.1, 0.15) is 25.3 Å². The SMILES string of the molecule is CC(C)c1ccccc1Nc1cc(Br)c(Cl)cc1N. The Hall–Kier alpha value is -1.19. The van der Waals surface area contributed by atoms with E-state index >= 15 is 0 Å². The van der Waals surface area contributed by atoms with E-state index < -0.39 is 0 Å². The molecule has 0 aliphatic heterocycles. The number of hydrogen-bond donors (Lipinski definition) is 2. The number of hydrogen-bond acceptors (Lipinski definition) is 2. The maximum absolute atomic E-state index is 6.02. The predicted octanol–water partition coefficient (Wildman–Crippen LogP) is 5.55. The summed E-state index contributed by atoms with van der Waals surface area (Å²) in [5, 5.41) is 3.99.